The summed E-state index contributed by atoms with van der Waals surface area (Å²) in [4.78, 5) is 17.2. The Labute approximate surface area is 160 Å². The number of aromatic nitrogens is 1. The van der Waals surface area contributed by atoms with Gasteiger partial charge in [0, 0.05) is 18.7 Å². The maximum absolute atomic E-state index is 15.2. The fourth-order valence-corrected chi connectivity index (χ4v) is 2.82. The van der Waals surface area contributed by atoms with Crippen molar-refractivity contribution in [2.45, 2.75) is 13.8 Å². The molecule has 0 aliphatic heterocycles. The van der Waals surface area contributed by atoms with Crippen LogP contribution in [0.5, 0.6) is 5.88 Å². The number of benzene rings is 1. The van der Waals surface area contributed by atoms with E-state index in [2.05, 4.69) is 9.72 Å². The van der Waals surface area contributed by atoms with Gasteiger partial charge in [0.25, 0.3) is 0 Å². The van der Waals surface area contributed by atoms with Crippen molar-refractivity contribution in [3.63, 3.8) is 0 Å². The first-order valence-electron chi connectivity index (χ1n) is 7.79. The molecule has 0 radical (unpaired) electrons. The molecule has 0 aliphatic carbocycles. The molecule has 1 aromatic heterocycles. The average Bonchev–Trinajstić information content (AvgIpc) is 2.62. The summed E-state index contributed by atoms with van der Waals surface area (Å²) in [5.41, 5.74) is 6.48. The summed E-state index contributed by atoms with van der Waals surface area (Å²) < 4.78 is 24.5. The fraction of sp³-hybridized carbons (Fsp3) is 0.294. The molecule has 1 heterocycles. The van der Waals surface area contributed by atoms with Crippen LogP contribution in [-0.4, -0.2) is 31.3 Å². The van der Waals surface area contributed by atoms with E-state index in [9.17, 15) is 4.79 Å². The van der Waals surface area contributed by atoms with Gasteiger partial charge >= 0.3 is 6.16 Å². The van der Waals surface area contributed by atoms with Crippen LogP contribution in [0.1, 0.15) is 13.8 Å². The van der Waals surface area contributed by atoms with Crippen LogP contribution in [0.25, 0.3) is 11.3 Å². The van der Waals surface area contributed by atoms with Gasteiger partial charge in [-0.05, 0) is 32.0 Å². The number of hydrogen-bond donors (Lipinski definition) is 1. The lowest BCUT2D eigenvalue weighted by atomic mass is 10.1. The first kappa shape index (κ1) is 20.1. The van der Waals surface area contributed by atoms with Gasteiger partial charge in [0.2, 0.25) is 5.88 Å². The van der Waals surface area contributed by atoms with Crippen LogP contribution in [-0.2, 0) is 4.74 Å². The molecule has 9 heteroatoms. The van der Waals surface area contributed by atoms with Gasteiger partial charge in [-0.25, -0.2) is 14.2 Å². The van der Waals surface area contributed by atoms with Gasteiger partial charge in [-0.15, -0.1) is 0 Å². The Balaban J connectivity index is 2.62. The van der Waals surface area contributed by atoms with Crippen molar-refractivity contribution in [3.8, 4) is 17.1 Å². The van der Waals surface area contributed by atoms with Gasteiger partial charge in [0.1, 0.15) is 5.02 Å². The number of pyridine rings is 1. The highest BCUT2D eigenvalue weighted by Crippen LogP contribution is 2.38. The highest BCUT2D eigenvalue weighted by Gasteiger charge is 2.21. The van der Waals surface area contributed by atoms with E-state index in [4.69, 9.17) is 33.7 Å². The summed E-state index contributed by atoms with van der Waals surface area (Å²) in [5, 5.41) is 0.209. The van der Waals surface area contributed by atoms with Crippen molar-refractivity contribution < 1.29 is 18.7 Å². The molecule has 0 aliphatic rings. The zero-order valence-electron chi connectivity index (χ0n) is 14.5. The van der Waals surface area contributed by atoms with E-state index >= 15 is 4.39 Å². The Morgan fingerprint density at radius 2 is 1.96 bits per heavy atom. The van der Waals surface area contributed by atoms with Gasteiger partial charge in [-0.3, -0.25) is 0 Å². The lowest BCUT2D eigenvalue weighted by Gasteiger charge is -2.24. The Hall–Kier alpha value is -2.25. The third-order valence-electron chi connectivity index (χ3n) is 3.72. The van der Waals surface area contributed by atoms with E-state index in [1.807, 2.05) is 13.8 Å². The summed E-state index contributed by atoms with van der Waals surface area (Å²) in [7, 11) is 1.14. The van der Waals surface area contributed by atoms with Crippen LogP contribution in [0.3, 0.4) is 0 Å². The second-order valence-electron chi connectivity index (χ2n) is 5.20. The van der Waals surface area contributed by atoms with Crippen LogP contribution in [0.2, 0.25) is 10.0 Å². The molecule has 26 heavy (non-hydrogen) atoms. The minimum Gasteiger partial charge on any atom is -0.437 e. The molecule has 2 N–H and O–H groups in total. The third kappa shape index (κ3) is 3.94. The molecule has 2 aromatic rings. The van der Waals surface area contributed by atoms with Gasteiger partial charge in [0.05, 0.1) is 29.2 Å². The second kappa shape index (κ2) is 8.42. The van der Waals surface area contributed by atoms with Gasteiger partial charge in [0.15, 0.2) is 5.82 Å². The number of nitrogens with zero attached hydrogens (tertiary/aromatic N) is 2. The molecule has 0 amide bonds. The highest BCUT2D eigenvalue weighted by atomic mass is 35.5. The van der Waals surface area contributed by atoms with Gasteiger partial charge < -0.3 is 20.1 Å². The predicted molar refractivity (Wildman–Crippen MR) is 101 cm³/mol. The number of ether oxygens (including phenoxy) is 2. The number of halogens is 3. The van der Waals surface area contributed by atoms with Crippen LogP contribution in [0.15, 0.2) is 18.2 Å². The largest absolute Gasteiger partial charge is 0.514 e. The summed E-state index contributed by atoms with van der Waals surface area (Å²) in [5.74, 6) is -0.827. The fourth-order valence-electron chi connectivity index (χ4n) is 2.42. The third-order valence-corrected chi connectivity index (χ3v) is 4.41. The number of nitrogens with two attached hydrogens (primary N) is 1. The first-order chi connectivity index (χ1) is 12.3. The number of carbonyl (C=O) groups is 1. The topological polar surface area (TPSA) is 77.7 Å². The minimum absolute atomic E-state index is 0.0718. The molecule has 0 unspecified atom stereocenters. The van der Waals surface area contributed by atoms with Crippen LogP contribution in [0.4, 0.5) is 20.6 Å². The summed E-state index contributed by atoms with van der Waals surface area (Å²) in [6.07, 6.45) is -1.02. The van der Waals surface area contributed by atoms with Crippen LogP contribution >= 0.6 is 23.2 Å². The van der Waals surface area contributed by atoms with Crippen molar-refractivity contribution in [1.29, 1.82) is 0 Å². The lowest BCUT2D eigenvalue weighted by Crippen LogP contribution is -2.23. The summed E-state index contributed by atoms with van der Waals surface area (Å²) in [6.45, 7) is 4.94. The molecule has 6 nitrogen and oxygen atoms in total. The number of nitrogen functional groups attached to an aromatic ring is 1. The second-order valence-corrected chi connectivity index (χ2v) is 5.99. The molecule has 0 atom stereocenters. The zero-order chi connectivity index (χ0) is 19.4. The highest BCUT2D eigenvalue weighted by molar-refractivity contribution is 6.34. The molecular formula is C17H18Cl2FN3O3. The van der Waals surface area contributed by atoms with E-state index in [0.717, 1.165) is 7.11 Å². The number of hydrogen-bond acceptors (Lipinski definition) is 6. The maximum atomic E-state index is 15.2. The Morgan fingerprint density at radius 3 is 2.54 bits per heavy atom. The van der Waals surface area contributed by atoms with Crippen molar-refractivity contribution in [2.24, 2.45) is 0 Å². The number of anilines is 2. The average molecular weight is 402 g/mol. The number of rotatable bonds is 5. The minimum atomic E-state index is -1.02. The van der Waals surface area contributed by atoms with E-state index < -0.39 is 12.0 Å². The summed E-state index contributed by atoms with van der Waals surface area (Å²) >= 11 is 12.2. The van der Waals surface area contributed by atoms with Crippen molar-refractivity contribution in [2.75, 3.05) is 30.8 Å². The van der Waals surface area contributed by atoms with E-state index in [-0.39, 0.29) is 38.6 Å². The molecular weight excluding hydrogens is 384 g/mol. The Morgan fingerprint density at radius 1 is 1.31 bits per heavy atom. The normalized spacial score (nSPS) is 10.5. The smallest absolute Gasteiger partial charge is 0.437 e. The molecule has 0 fully saturated rings. The zero-order valence-corrected chi connectivity index (χ0v) is 16.0. The van der Waals surface area contributed by atoms with Gasteiger partial charge in [-0.2, -0.15) is 0 Å². The van der Waals surface area contributed by atoms with Crippen molar-refractivity contribution in [1.82, 2.24) is 4.98 Å². The van der Waals surface area contributed by atoms with Crippen molar-refractivity contribution in [3.05, 3.63) is 34.1 Å². The standard InChI is InChI=1S/C17H18Cl2FN3O3/c1-4-23(5-2)15-10(18)7-6-9(14(15)20)12-8-11(21)13(19)16(22-12)26-17(24)25-3/h6-8H,4-5H2,1-3H3,(H2,21,22). The van der Waals surface area contributed by atoms with Gasteiger partial charge in [-0.1, -0.05) is 23.2 Å². The molecule has 2 rings (SSSR count). The molecule has 0 saturated heterocycles. The SMILES string of the molecule is CCN(CC)c1c(Cl)ccc(-c2cc(N)c(Cl)c(OC(=O)OC)n2)c1F. The van der Waals surface area contributed by atoms with E-state index in [1.54, 1.807) is 11.0 Å². The molecule has 0 spiro atoms. The maximum Gasteiger partial charge on any atom is 0.514 e. The number of carbonyl (C=O) groups excluding carboxylic acids is 1. The molecule has 1 aromatic carbocycles. The lowest BCUT2D eigenvalue weighted by molar-refractivity contribution is 0.120. The van der Waals surface area contributed by atoms with Crippen LogP contribution in [0, 0.1) is 5.82 Å². The molecule has 0 bridgehead atoms. The van der Waals surface area contributed by atoms with Crippen molar-refractivity contribution >= 4 is 40.7 Å². The molecule has 140 valence electrons. The Kier molecular flexibility index (Phi) is 6.50. The molecule has 0 saturated carbocycles. The van der Waals surface area contributed by atoms with Crippen LogP contribution < -0.4 is 15.4 Å². The monoisotopic (exact) mass is 401 g/mol. The Bertz CT molecular complexity index is 829. The van der Waals surface area contributed by atoms with E-state index in [1.165, 1.54) is 12.1 Å². The summed E-state index contributed by atoms with van der Waals surface area (Å²) in [6, 6.07) is 4.44. The quantitative estimate of drug-likeness (QED) is 0.727. The predicted octanol–water partition coefficient (Wildman–Crippen LogP) is 4.77. The first-order valence-corrected chi connectivity index (χ1v) is 8.54. The number of methoxy groups -OCH3 is 1. The van der Waals surface area contributed by atoms with E-state index in [0.29, 0.717) is 13.1 Å².